The fourth-order valence-electron chi connectivity index (χ4n) is 5.87. The number of imidazole rings is 1. The minimum absolute atomic E-state index is 0.00938. The molecule has 0 aromatic carbocycles. The van der Waals surface area contributed by atoms with Crippen molar-refractivity contribution in [2.45, 2.75) is 48.6 Å². The number of amides is 1. The first-order valence-corrected chi connectivity index (χ1v) is 13.9. The first-order valence-electron chi connectivity index (χ1n) is 12.0. The number of aromatic amines is 1. The molecule has 2 saturated heterocycles. The molecule has 6 heterocycles. The Hall–Kier alpha value is -3.84. The summed E-state index contributed by atoms with van der Waals surface area (Å²) in [4.78, 5) is 30.6. The number of nitrogen functional groups attached to an aromatic ring is 1. The van der Waals surface area contributed by atoms with Crippen molar-refractivity contribution in [2.24, 2.45) is 0 Å². The highest BCUT2D eigenvalue weighted by Crippen LogP contribution is 2.45. The third-order valence-electron chi connectivity index (χ3n) is 7.39. The van der Waals surface area contributed by atoms with E-state index in [0.29, 0.717) is 41.3 Å². The largest absolute Gasteiger partial charge is 0.387 e. The molecule has 192 valence electrons. The van der Waals surface area contributed by atoms with Crippen LogP contribution in [-0.2, 0) is 14.6 Å². The van der Waals surface area contributed by atoms with Crippen molar-refractivity contribution in [1.29, 1.82) is 0 Å². The number of sulfone groups is 1. The van der Waals surface area contributed by atoms with Crippen LogP contribution < -0.4 is 5.73 Å². The molecule has 2 bridgehead atoms. The SMILES string of the molecule is CS(=O)(=O)c1c(C2CC3CCC(C2)N3C(=O)CO)nc2c(-c3ccc(-c4ncc[nH]4)nc3)cnn2c1N. The van der Waals surface area contributed by atoms with Gasteiger partial charge in [-0.3, -0.25) is 9.78 Å². The second-order valence-corrected chi connectivity index (χ2v) is 11.6. The smallest absolute Gasteiger partial charge is 0.248 e. The van der Waals surface area contributed by atoms with E-state index in [2.05, 4.69) is 20.1 Å². The molecule has 2 unspecified atom stereocenters. The number of aliphatic hydroxyl groups is 1. The lowest BCUT2D eigenvalue weighted by Crippen LogP contribution is -2.47. The number of nitrogens with one attached hydrogen (secondary N) is 1. The van der Waals surface area contributed by atoms with Gasteiger partial charge < -0.3 is 20.7 Å². The van der Waals surface area contributed by atoms with Gasteiger partial charge >= 0.3 is 0 Å². The molecule has 2 atom stereocenters. The maximum atomic E-state index is 12.9. The van der Waals surface area contributed by atoms with Crippen LogP contribution >= 0.6 is 0 Å². The molecule has 0 saturated carbocycles. The lowest BCUT2D eigenvalue weighted by atomic mass is 9.87. The molecule has 6 rings (SSSR count). The van der Waals surface area contributed by atoms with Gasteiger partial charge in [-0.1, -0.05) is 6.07 Å². The van der Waals surface area contributed by atoms with Crippen LogP contribution in [0, 0.1) is 0 Å². The molecule has 1 amide bonds. The molecule has 0 spiro atoms. The van der Waals surface area contributed by atoms with E-state index in [-0.39, 0.29) is 34.6 Å². The number of carbonyl (C=O) groups excluding carboxylic acids is 1. The van der Waals surface area contributed by atoms with Gasteiger partial charge in [-0.05, 0) is 31.7 Å². The number of hydrogen-bond donors (Lipinski definition) is 3. The quantitative estimate of drug-likeness (QED) is 0.350. The molecule has 0 aliphatic carbocycles. The maximum Gasteiger partial charge on any atom is 0.248 e. The third kappa shape index (κ3) is 3.85. The number of pyridine rings is 1. The first-order chi connectivity index (χ1) is 17.8. The lowest BCUT2D eigenvalue weighted by Gasteiger charge is -2.39. The fraction of sp³-hybridized carbons (Fsp3) is 0.375. The van der Waals surface area contributed by atoms with Crippen LogP contribution in [0.25, 0.3) is 28.3 Å². The summed E-state index contributed by atoms with van der Waals surface area (Å²) in [6, 6.07) is 3.57. The summed E-state index contributed by atoms with van der Waals surface area (Å²) in [7, 11) is -3.73. The number of aliphatic hydroxyl groups excluding tert-OH is 1. The van der Waals surface area contributed by atoms with Gasteiger partial charge in [0, 0.05) is 54.0 Å². The Balaban J connectivity index is 1.45. The number of nitrogens with zero attached hydrogens (tertiary/aromatic N) is 6. The molecule has 0 radical (unpaired) electrons. The highest BCUT2D eigenvalue weighted by atomic mass is 32.2. The van der Waals surface area contributed by atoms with Crippen molar-refractivity contribution < 1.29 is 18.3 Å². The zero-order valence-electron chi connectivity index (χ0n) is 20.1. The van der Waals surface area contributed by atoms with Gasteiger partial charge in [0.15, 0.2) is 21.3 Å². The number of H-pyrrole nitrogens is 1. The standard InChI is InChI=1S/C24H26N8O4S/c1-37(35,36)21-20(14-8-15-3-4-16(9-14)31(15)19(34)12-33)30-24-17(11-29-32(24)22(21)25)13-2-5-18(28-10-13)23-26-6-7-27-23/h2,5-7,10-11,14-16,33H,3-4,8-9,12,25H2,1H3,(H,26,27). The predicted octanol–water partition coefficient (Wildman–Crippen LogP) is 1.40. The molecule has 37 heavy (non-hydrogen) atoms. The Morgan fingerprint density at radius 2 is 1.95 bits per heavy atom. The van der Waals surface area contributed by atoms with Crippen molar-refractivity contribution in [3.8, 4) is 22.6 Å². The van der Waals surface area contributed by atoms with Gasteiger partial charge in [-0.25, -0.2) is 18.4 Å². The molecule has 2 aliphatic rings. The monoisotopic (exact) mass is 522 g/mol. The number of nitrogens with two attached hydrogens (primary N) is 1. The van der Waals surface area contributed by atoms with E-state index in [1.54, 1.807) is 29.7 Å². The highest BCUT2D eigenvalue weighted by Gasteiger charge is 2.45. The van der Waals surface area contributed by atoms with E-state index in [4.69, 9.17) is 10.7 Å². The molecule has 4 aromatic rings. The zero-order chi connectivity index (χ0) is 25.9. The number of piperidine rings is 1. The fourth-order valence-corrected chi connectivity index (χ4v) is 6.92. The van der Waals surface area contributed by atoms with E-state index in [9.17, 15) is 18.3 Å². The summed E-state index contributed by atoms with van der Waals surface area (Å²) >= 11 is 0. The van der Waals surface area contributed by atoms with Crippen molar-refractivity contribution in [1.82, 2.24) is 34.4 Å². The number of aromatic nitrogens is 6. The van der Waals surface area contributed by atoms with Crippen LogP contribution in [0.15, 0.2) is 41.8 Å². The molecule has 2 fully saturated rings. The van der Waals surface area contributed by atoms with Crippen LogP contribution in [-0.4, -0.2) is 78.8 Å². The topological polar surface area (TPSA) is 172 Å². The van der Waals surface area contributed by atoms with Crippen molar-refractivity contribution >= 4 is 27.2 Å². The molecular formula is C24H26N8O4S. The average Bonchev–Trinajstić information content (AvgIpc) is 3.61. The second kappa shape index (κ2) is 8.63. The highest BCUT2D eigenvalue weighted by molar-refractivity contribution is 7.91. The molecule has 4 aromatic heterocycles. The number of anilines is 1. The van der Waals surface area contributed by atoms with Crippen LogP contribution in [0.1, 0.15) is 37.3 Å². The predicted molar refractivity (Wildman–Crippen MR) is 134 cm³/mol. The number of carbonyl (C=O) groups is 1. The second-order valence-electron chi connectivity index (χ2n) is 9.66. The van der Waals surface area contributed by atoms with Crippen LogP contribution in [0.2, 0.25) is 0 Å². The Morgan fingerprint density at radius 1 is 1.19 bits per heavy atom. The number of hydrogen-bond acceptors (Lipinski definition) is 9. The minimum Gasteiger partial charge on any atom is -0.387 e. The van der Waals surface area contributed by atoms with E-state index in [1.807, 2.05) is 12.1 Å². The number of rotatable bonds is 5. The summed E-state index contributed by atoms with van der Waals surface area (Å²) in [5.74, 6) is 0.157. The van der Waals surface area contributed by atoms with Crippen LogP contribution in [0.3, 0.4) is 0 Å². The van der Waals surface area contributed by atoms with E-state index in [1.165, 1.54) is 4.52 Å². The van der Waals surface area contributed by atoms with Gasteiger partial charge in [0.25, 0.3) is 0 Å². The number of fused-ring (bicyclic) bond motifs is 3. The van der Waals surface area contributed by atoms with Gasteiger partial charge in [-0.2, -0.15) is 9.61 Å². The van der Waals surface area contributed by atoms with Crippen molar-refractivity contribution in [3.63, 3.8) is 0 Å². The Morgan fingerprint density at radius 3 is 2.54 bits per heavy atom. The van der Waals surface area contributed by atoms with E-state index in [0.717, 1.165) is 24.7 Å². The molecule has 13 heteroatoms. The average molecular weight is 523 g/mol. The van der Waals surface area contributed by atoms with Crippen LogP contribution in [0.4, 0.5) is 5.82 Å². The first kappa shape index (κ1) is 23.6. The summed E-state index contributed by atoms with van der Waals surface area (Å²) in [6.45, 7) is -0.532. The summed E-state index contributed by atoms with van der Waals surface area (Å²) in [6.07, 6.45) is 10.5. The zero-order valence-corrected chi connectivity index (χ0v) is 20.9. The van der Waals surface area contributed by atoms with Crippen molar-refractivity contribution in [2.75, 3.05) is 18.6 Å². The Labute approximate surface area is 212 Å². The van der Waals surface area contributed by atoms with E-state index >= 15 is 0 Å². The van der Waals surface area contributed by atoms with Crippen molar-refractivity contribution in [3.05, 3.63) is 42.6 Å². The molecular weight excluding hydrogens is 496 g/mol. The summed E-state index contributed by atoms with van der Waals surface area (Å²) in [5, 5.41) is 13.8. The van der Waals surface area contributed by atoms with Gasteiger partial charge in [-0.15, -0.1) is 0 Å². The molecule has 12 nitrogen and oxygen atoms in total. The summed E-state index contributed by atoms with van der Waals surface area (Å²) < 4.78 is 27.2. The minimum atomic E-state index is -3.73. The molecule has 2 aliphatic heterocycles. The Bertz CT molecular complexity index is 1580. The normalized spacial score (nSPS) is 21.6. The van der Waals surface area contributed by atoms with Crippen LogP contribution in [0.5, 0.6) is 0 Å². The third-order valence-corrected chi connectivity index (χ3v) is 8.55. The lowest BCUT2D eigenvalue weighted by molar-refractivity contribution is -0.138. The van der Waals surface area contributed by atoms with Gasteiger partial charge in [0.2, 0.25) is 5.91 Å². The Kier molecular flexibility index (Phi) is 5.49. The summed E-state index contributed by atoms with van der Waals surface area (Å²) in [5.41, 5.74) is 9.37. The van der Waals surface area contributed by atoms with Gasteiger partial charge in [0.05, 0.1) is 11.9 Å². The maximum absolute atomic E-state index is 12.9. The molecule has 4 N–H and O–H groups in total. The van der Waals surface area contributed by atoms with E-state index < -0.39 is 16.4 Å². The van der Waals surface area contributed by atoms with Gasteiger partial charge in [0.1, 0.15) is 23.0 Å².